The van der Waals surface area contributed by atoms with Gasteiger partial charge in [-0.25, -0.2) is 4.98 Å². The maximum absolute atomic E-state index is 13.7. The third-order valence-electron chi connectivity index (χ3n) is 10.5. The molecule has 322 valence electrons. The van der Waals surface area contributed by atoms with Crippen molar-refractivity contribution in [3.63, 3.8) is 0 Å². The van der Waals surface area contributed by atoms with E-state index in [1.54, 1.807) is 70.3 Å². The smallest absolute Gasteiger partial charge is 0.260 e. The van der Waals surface area contributed by atoms with E-state index in [2.05, 4.69) is 25.9 Å². The van der Waals surface area contributed by atoms with Gasteiger partial charge in [0.2, 0.25) is 17.7 Å². The summed E-state index contributed by atoms with van der Waals surface area (Å²) in [5.74, 6) is 0.343. The van der Waals surface area contributed by atoms with Gasteiger partial charge in [-0.15, -0.1) is 0 Å². The van der Waals surface area contributed by atoms with Crippen LogP contribution >= 0.6 is 0 Å². The summed E-state index contributed by atoms with van der Waals surface area (Å²) in [7, 11) is 0. The van der Waals surface area contributed by atoms with Crippen LogP contribution in [-0.4, -0.2) is 97.3 Å². The van der Waals surface area contributed by atoms with Gasteiger partial charge in [0, 0.05) is 48.4 Å². The van der Waals surface area contributed by atoms with Crippen LogP contribution < -0.4 is 10.6 Å². The highest BCUT2D eigenvalue weighted by Crippen LogP contribution is 2.32. The first kappa shape index (κ1) is 43.0. The molecule has 16 nitrogen and oxygen atoms in total. The molecular weight excluding hydrogens is 783 g/mol. The number of anilines is 2. The van der Waals surface area contributed by atoms with Crippen molar-refractivity contribution in [1.29, 1.82) is 0 Å². The number of hydrogen-bond donors (Lipinski definition) is 2. The maximum atomic E-state index is 13.7. The Bertz CT molecular complexity index is 2210. The van der Waals surface area contributed by atoms with E-state index >= 15 is 0 Å². The minimum absolute atomic E-state index is 0.252. The zero-order valence-corrected chi connectivity index (χ0v) is 36.2. The molecule has 61 heavy (non-hydrogen) atoms. The lowest BCUT2D eigenvalue weighted by Gasteiger charge is -2.25. The molecule has 2 aliphatic rings. The maximum Gasteiger partial charge on any atom is 0.260 e. The highest BCUT2D eigenvalue weighted by atomic mass is 16.5. The SMILES string of the molecule is Cc1noc(C)c1C(=O)N1CC(OC(C)(C)C)CC1C(=O)Nc1ccc(-c2cnc(-c3ccc(NC(=O)C4CC(OC(C)(C)C)CN4C(=O)c4c(C)noc4C)cc3)o2)cc1. The summed E-state index contributed by atoms with van der Waals surface area (Å²) in [5, 5.41) is 13.8. The molecule has 0 aliphatic carbocycles. The summed E-state index contributed by atoms with van der Waals surface area (Å²) < 4.78 is 29.0. The van der Waals surface area contributed by atoms with Crippen molar-refractivity contribution in [2.75, 3.05) is 23.7 Å². The molecule has 3 aromatic heterocycles. The van der Waals surface area contributed by atoms with Crippen molar-refractivity contribution in [3.8, 4) is 22.8 Å². The summed E-state index contributed by atoms with van der Waals surface area (Å²) >= 11 is 0. The second-order valence-corrected chi connectivity index (χ2v) is 17.7. The lowest BCUT2D eigenvalue weighted by molar-refractivity contribution is -0.120. The number of aryl methyl sites for hydroxylation is 4. The summed E-state index contributed by atoms with van der Waals surface area (Å²) in [5.41, 5.74) is 3.21. The number of benzene rings is 2. The van der Waals surface area contributed by atoms with Crippen LogP contribution in [0.2, 0.25) is 0 Å². The summed E-state index contributed by atoms with van der Waals surface area (Å²) in [4.78, 5) is 62.4. The van der Waals surface area contributed by atoms with Crippen molar-refractivity contribution < 1.29 is 42.1 Å². The lowest BCUT2D eigenvalue weighted by Crippen LogP contribution is -2.43. The van der Waals surface area contributed by atoms with Crippen molar-refractivity contribution in [2.45, 2.75) is 118 Å². The largest absolute Gasteiger partial charge is 0.436 e. The minimum atomic E-state index is -0.775. The Balaban J connectivity index is 0.994. The van der Waals surface area contributed by atoms with Gasteiger partial charge in [-0.05, 0) is 118 Å². The van der Waals surface area contributed by atoms with E-state index in [9.17, 15) is 19.2 Å². The number of aromatic nitrogens is 3. The van der Waals surface area contributed by atoms with E-state index in [4.69, 9.17) is 22.9 Å². The Kier molecular flexibility index (Phi) is 11.8. The Morgan fingerprint density at radius 3 is 1.43 bits per heavy atom. The first-order valence-electron chi connectivity index (χ1n) is 20.4. The second kappa shape index (κ2) is 16.7. The molecule has 0 radical (unpaired) electrons. The van der Waals surface area contributed by atoms with Crippen LogP contribution in [0.3, 0.4) is 0 Å². The van der Waals surface area contributed by atoms with Crippen LogP contribution in [0.4, 0.5) is 11.4 Å². The fourth-order valence-corrected chi connectivity index (χ4v) is 7.98. The van der Waals surface area contributed by atoms with Gasteiger partial charge in [0.1, 0.15) is 34.7 Å². The molecule has 2 saturated heterocycles. The zero-order valence-electron chi connectivity index (χ0n) is 36.2. The highest BCUT2D eigenvalue weighted by molar-refractivity contribution is 6.03. The molecule has 4 unspecified atom stereocenters. The molecular formula is C45H53N7O9. The Labute approximate surface area is 354 Å². The number of likely N-dealkylation sites (tertiary alicyclic amines) is 2. The quantitative estimate of drug-likeness (QED) is 0.143. The number of nitrogens with zero attached hydrogens (tertiary/aromatic N) is 5. The van der Waals surface area contributed by atoms with Gasteiger partial charge < -0.3 is 43.4 Å². The van der Waals surface area contributed by atoms with Gasteiger partial charge in [-0.3, -0.25) is 19.2 Å². The number of hydrogen-bond acceptors (Lipinski definition) is 12. The monoisotopic (exact) mass is 835 g/mol. The number of rotatable bonds is 10. The van der Waals surface area contributed by atoms with Gasteiger partial charge in [0.15, 0.2) is 5.76 Å². The number of carbonyl (C=O) groups is 4. The summed E-state index contributed by atoms with van der Waals surface area (Å²) in [6.07, 6.45) is 1.62. The van der Waals surface area contributed by atoms with Crippen molar-refractivity contribution >= 4 is 35.0 Å². The molecule has 0 bridgehead atoms. The Morgan fingerprint density at radius 1 is 0.639 bits per heavy atom. The third kappa shape index (κ3) is 9.60. The summed E-state index contributed by atoms with van der Waals surface area (Å²) in [6, 6.07) is 12.7. The number of ether oxygens (including phenoxy) is 2. The van der Waals surface area contributed by atoms with Crippen LogP contribution in [0, 0.1) is 27.7 Å². The Morgan fingerprint density at radius 2 is 1.05 bits per heavy atom. The molecule has 2 aliphatic heterocycles. The molecule has 5 aromatic rings. The zero-order chi connectivity index (χ0) is 44.0. The molecule has 4 amide bonds. The molecule has 16 heteroatoms. The van der Waals surface area contributed by atoms with E-state index in [-0.39, 0.29) is 48.9 Å². The van der Waals surface area contributed by atoms with Gasteiger partial charge in [0.05, 0.1) is 41.0 Å². The van der Waals surface area contributed by atoms with E-state index < -0.39 is 23.3 Å². The molecule has 4 atom stereocenters. The van der Waals surface area contributed by atoms with Crippen LogP contribution in [-0.2, 0) is 19.1 Å². The fraction of sp³-hybridized carbons (Fsp3) is 0.444. The normalized spacial score (nSPS) is 19.4. The Hall–Kier alpha value is -6.13. The molecule has 2 fully saturated rings. The lowest BCUT2D eigenvalue weighted by atomic mass is 10.1. The van der Waals surface area contributed by atoms with Crippen LogP contribution in [0.1, 0.15) is 98.0 Å². The van der Waals surface area contributed by atoms with E-state index in [1.807, 2.05) is 53.7 Å². The molecule has 5 heterocycles. The van der Waals surface area contributed by atoms with E-state index in [0.717, 1.165) is 5.56 Å². The van der Waals surface area contributed by atoms with Crippen molar-refractivity contribution in [3.05, 3.63) is 88.8 Å². The molecule has 0 saturated carbocycles. The van der Waals surface area contributed by atoms with Crippen molar-refractivity contribution in [1.82, 2.24) is 25.1 Å². The van der Waals surface area contributed by atoms with E-state index in [1.165, 1.54) is 9.80 Å². The topological polar surface area (TPSA) is 195 Å². The van der Waals surface area contributed by atoms with Crippen LogP contribution in [0.5, 0.6) is 0 Å². The average molecular weight is 836 g/mol. The third-order valence-corrected chi connectivity index (χ3v) is 10.5. The number of carbonyl (C=O) groups excluding carboxylic acids is 4. The number of amides is 4. The van der Waals surface area contributed by atoms with E-state index in [0.29, 0.717) is 75.5 Å². The minimum Gasteiger partial charge on any atom is -0.436 e. The molecule has 2 N–H and O–H groups in total. The van der Waals surface area contributed by atoms with Gasteiger partial charge in [-0.1, -0.05) is 10.3 Å². The second-order valence-electron chi connectivity index (χ2n) is 17.7. The predicted molar refractivity (Wildman–Crippen MR) is 225 cm³/mol. The summed E-state index contributed by atoms with van der Waals surface area (Å²) in [6.45, 7) is 18.9. The van der Waals surface area contributed by atoms with Gasteiger partial charge in [0.25, 0.3) is 11.8 Å². The van der Waals surface area contributed by atoms with Crippen LogP contribution in [0.25, 0.3) is 22.8 Å². The number of oxazole rings is 1. The first-order chi connectivity index (χ1) is 28.7. The molecule has 0 spiro atoms. The van der Waals surface area contributed by atoms with Gasteiger partial charge in [-0.2, -0.15) is 0 Å². The molecule has 2 aromatic carbocycles. The standard InChI is InChI=1S/C45H53N7O9/c1-24-37(26(3)60-49-24)42(55)51-22-32(58-44(5,6)7)19-34(51)39(53)47-30-15-11-28(12-16-30)36-21-46-41(57-36)29-13-17-31(18-14-29)48-40(54)35-20-33(59-45(8,9)10)23-52(35)43(56)38-25(2)50-61-27(38)4/h11-18,21,32-35H,19-20,22-23H2,1-10H3,(H,47,53)(H,48,54). The van der Waals surface area contributed by atoms with Crippen LogP contribution in [0.15, 0.2) is 68.2 Å². The predicted octanol–water partition coefficient (Wildman–Crippen LogP) is 7.29. The highest BCUT2D eigenvalue weighted by Gasteiger charge is 2.44. The van der Waals surface area contributed by atoms with Crippen molar-refractivity contribution in [2.24, 2.45) is 0 Å². The first-order valence-corrected chi connectivity index (χ1v) is 20.4. The number of nitrogens with one attached hydrogen (secondary N) is 2. The van der Waals surface area contributed by atoms with Gasteiger partial charge >= 0.3 is 0 Å². The fourth-order valence-electron chi connectivity index (χ4n) is 7.98. The average Bonchev–Trinajstić information content (AvgIpc) is 4.03. The molecule has 7 rings (SSSR count).